The zero-order chi connectivity index (χ0) is 22.3. The number of aryl methyl sites for hydroxylation is 2. The summed E-state index contributed by atoms with van der Waals surface area (Å²) in [5.41, 5.74) is 9.00. The highest BCUT2D eigenvalue weighted by molar-refractivity contribution is 7.82. The highest BCUT2D eigenvalue weighted by Crippen LogP contribution is 2.39. The number of rotatable bonds is 4. The molecule has 31 heavy (non-hydrogen) atoms. The Labute approximate surface area is 189 Å². The molecule has 2 atom stereocenters. The Hall–Kier alpha value is -2.17. The van der Waals surface area contributed by atoms with Crippen molar-refractivity contribution in [2.45, 2.75) is 70.7 Å². The molecular formula is C27H34N2OS. The average Bonchev–Trinajstić information content (AvgIpc) is 3.06. The standard InChI is InChI=1S/C27H34N2OS/c1-7-20-8-10-21(11-9-20)26-25-24(18(2)19(3)28-25)16-17-29(26)31(30)23-14-12-22(13-15-23)27(4,5)6/h8-15,26,28H,7,16-17H2,1-6H3. The second-order valence-corrected chi connectivity index (χ2v) is 11.1. The Balaban J connectivity index is 1.75. The summed E-state index contributed by atoms with van der Waals surface area (Å²) in [7, 11) is -1.23. The summed E-state index contributed by atoms with van der Waals surface area (Å²) < 4.78 is 15.9. The van der Waals surface area contributed by atoms with Gasteiger partial charge in [-0.1, -0.05) is 64.1 Å². The second kappa shape index (κ2) is 8.40. The van der Waals surface area contributed by atoms with Gasteiger partial charge < -0.3 is 4.98 Å². The minimum Gasteiger partial charge on any atom is -0.360 e. The van der Waals surface area contributed by atoms with E-state index in [1.54, 1.807) is 0 Å². The minimum atomic E-state index is -1.23. The number of aromatic nitrogens is 1. The number of nitrogens with one attached hydrogen (secondary N) is 1. The third-order valence-electron chi connectivity index (χ3n) is 6.64. The van der Waals surface area contributed by atoms with E-state index in [1.807, 2.05) is 12.1 Å². The Morgan fingerprint density at radius 2 is 1.68 bits per heavy atom. The van der Waals surface area contributed by atoms with E-state index in [0.717, 1.165) is 24.3 Å². The summed E-state index contributed by atoms with van der Waals surface area (Å²) in [6.45, 7) is 13.9. The molecular weight excluding hydrogens is 400 g/mol. The molecule has 3 aromatic rings. The molecule has 4 rings (SSSR count). The Bertz CT molecular complexity index is 1090. The van der Waals surface area contributed by atoms with E-state index in [4.69, 9.17) is 0 Å². The molecule has 0 saturated carbocycles. The van der Waals surface area contributed by atoms with E-state index in [1.165, 1.54) is 39.2 Å². The van der Waals surface area contributed by atoms with E-state index in [-0.39, 0.29) is 11.5 Å². The fourth-order valence-electron chi connectivity index (χ4n) is 4.50. The lowest BCUT2D eigenvalue weighted by Crippen LogP contribution is -2.37. The molecule has 1 aliphatic heterocycles. The summed E-state index contributed by atoms with van der Waals surface area (Å²) in [4.78, 5) is 4.50. The molecule has 2 aromatic carbocycles. The molecule has 0 fully saturated rings. The van der Waals surface area contributed by atoms with Crippen LogP contribution in [-0.2, 0) is 29.2 Å². The van der Waals surface area contributed by atoms with Crippen LogP contribution in [0.25, 0.3) is 0 Å². The number of benzene rings is 2. The van der Waals surface area contributed by atoms with Crippen LogP contribution >= 0.6 is 0 Å². The molecule has 0 saturated heterocycles. The molecule has 1 N–H and O–H groups in total. The summed E-state index contributed by atoms with van der Waals surface area (Å²) in [6.07, 6.45) is 1.94. The van der Waals surface area contributed by atoms with Crippen LogP contribution in [0, 0.1) is 13.8 Å². The van der Waals surface area contributed by atoms with E-state index < -0.39 is 11.0 Å². The van der Waals surface area contributed by atoms with Crippen LogP contribution in [-0.4, -0.2) is 20.0 Å². The number of H-pyrrole nitrogens is 1. The zero-order valence-electron chi connectivity index (χ0n) is 19.6. The van der Waals surface area contributed by atoms with Gasteiger partial charge in [-0.2, -0.15) is 0 Å². The van der Waals surface area contributed by atoms with Crippen LogP contribution in [0.4, 0.5) is 0 Å². The van der Waals surface area contributed by atoms with Crippen molar-refractivity contribution in [3.8, 4) is 0 Å². The van der Waals surface area contributed by atoms with Crippen molar-refractivity contribution in [1.82, 2.24) is 9.29 Å². The van der Waals surface area contributed by atoms with Crippen molar-refractivity contribution < 1.29 is 4.21 Å². The molecule has 0 spiro atoms. The number of hydrogen-bond acceptors (Lipinski definition) is 1. The molecule has 4 heteroatoms. The molecule has 1 aromatic heterocycles. The van der Waals surface area contributed by atoms with Gasteiger partial charge in [-0.15, -0.1) is 0 Å². The van der Waals surface area contributed by atoms with E-state index in [9.17, 15) is 4.21 Å². The van der Waals surface area contributed by atoms with Gasteiger partial charge in [0.05, 0.1) is 10.9 Å². The Kier molecular flexibility index (Phi) is 5.97. The van der Waals surface area contributed by atoms with Crippen LogP contribution in [0.5, 0.6) is 0 Å². The van der Waals surface area contributed by atoms with Gasteiger partial charge in [0.25, 0.3) is 0 Å². The number of hydrogen-bond donors (Lipinski definition) is 1. The fraction of sp³-hybridized carbons (Fsp3) is 0.407. The maximum Gasteiger partial charge on any atom is 0.128 e. The highest BCUT2D eigenvalue weighted by Gasteiger charge is 2.35. The normalized spacial score (nSPS) is 18.1. The number of nitrogens with zero attached hydrogens (tertiary/aromatic N) is 1. The average molecular weight is 435 g/mol. The van der Waals surface area contributed by atoms with E-state index in [2.05, 4.69) is 87.2 Å². The lowest BCUT2D eigenvalue weighted by atomic mass is 9.87. The molecule has 0 amide bonds. The van der Waals surface area contributed by atoms with Crippen LogP contribution < -0.4 is 0 Å². The fourth-order valence-corrected chi connectivity index (χ4v) is 5.82. The lowest BCUT2D eigenvalue weighted by molar-refractivity contribution is 0.360. The number of fused-ring (bicyclic) bond motifs is 1. The maximum absolute atomic E-state index is 13.8. The van der Waals surface area contributed by atoms with Crippen molar-refractivity contribution >= 4 is 11.0 Å². The smallest absolute Gasteiger partial charge is 0.128 e. The lowest BCUT2D eigenvalue weighted by Gasteiger charge is -2.35. The van der Waals surface area contributed by atoms with Crippen molar-refractivity contribution in [1.29, 1.82) is 0 Å². The molecule has 2 heterocycles. The van der Waals surface area contributed by atoms with Crippen molar-refractivity contribution in [2.75, 3.05) is 6.54 Å². The first kappa shape index (κ1) is 22.0. The van der Waals surface area contributed by atoms with Gasteiger partial charge in [0, 0.05) is 17.9 Å². The summed E-state index contributed by atoms with van der Waals surface area (Å²) in [5.74, 6) is 0. The highest BCUT2D eigenvalue weighted by atomic mass is 32.2. The predicted molar refractivity (Wildman–Crippen MR) is 130 cm³/mol. The summed E-state index contributed by atoms with van der Waals surface area (Å²) >= 11 is 0. The zero-order valence-corrected chi connectivity index (χ0v) is 20.4. The quantitative estimate of drug-likeness (QED) is 0.524. The first-order chi connectivity index (χ1) is 14.7. The SMILES string of the molecule is CCc1ccc(C2c3[nH]c(C)c(C)c3CCN2S(=O)c2ccc(C(C)(C)C)cc2)cc1. The maximum atomic E-state index is 13.8. The first-order valence-corrected chi connectivity index (χ1v) is 12.4. The van der Waals surface area contributed by atoms with Crippen LogP contribution in [0.3, 0.4) is 0 Å². The van der Waals surface area contributed by atoms with Gasteiger partial charge in [0.1, 0.15) is 11.0 Å². The Morgan fingerprint density at radius 1 is 1.03 bits per heavy atom. The molecule has 3 nitrogen and oxygen atoms in total. The summed E-state index contributed by atoms with van der Waals surface area (Å²) in [6, 6.07) is 17.1. The Morgan fingerprint density at radius 3 is 2.26 bits per heavy atom. The van der Waals surface area contributed by atoms with Gasteiger partial charge in [-0.3, -0.25) is 0 Å². The van der Waals surface area contributed by atoms with E-state index >= 15 is 0 Å². The van der Waals surface area contributed by atoms with Gasteiger partial charge in [0.15, 0.2) is 0 Å². The van der Waals surface area contributed by atoms with Crippen molar-refractivity contribution in [3.05, 3.63) is 87.7 Å². The van der Waals surface area contributed by atoms with Crippen molar-refractivity contribution in [3.63, 3.8) is 0 Å². The first-order valence-electron chi connectivity index (χ1n) is 11.3. The van der Waals surface area contributed by atoms with Crippen LogP contribution in [0.1, 0.15) is 72.9 Å². The molecule has 2 unspecified atom stereocenters. The topological polar surface area (TPSA) is 36.1 Å². The molecule has 0 bridgehead atoms. The third kappa shape index (κ3) is 4.16. The minimum absolute atomic E-state index is 0.0369. The summed E-state index contributed by atoms with van der Waals surface area (Å²) in [5, 5.41) is 0. The third-order valence-corrected chi connectivity index (χ3v) is 8.14. The molecule has 0 aliphatic carbocycles. The van der Waals surface area contributed by atoms with Crippen LogP contribution in [0.2, 0.25) is 0 Å². The van der Waals surface area contributed by atoms with Gasteiger partial charge in [-0.05, 0) is 72.1 Å². The second-order valence-electron chi connectivity index (χ2n) is 9.68. The predicted octanol–water partition coefficient (Wildman–Crippen LogP) is 6.16. The number of aromatic amines is 1. The monoisotopic (exact) mass is 434 g/mol. The van der Waals surface area contributed by atoms with Crippen LogP contribution in [0.15, 0.2) is 53.4 Å². The molecule has 1 aliphatic rings. The molecule has 164 valence electrons. The van der Waals surface area contributed by atoms with Crippen molar-refractivity contribution in [2.24, 2.45) is 0 Å². The van der Waals surface area contributed by atoms with E-state index in [0.29, 0.717) is 0 Å². The van der Waals surface area contributed by atoms with Gasteiger partial charge in [-0.25, -0.2) is 8.51 Å². The molecule has 0 radical (unpaired) electrons. The van der Waals surface area contributed by atoms with Gasteiger partial charge >= 0.3 is 0 Å². The van der Waals surface area contributed by atoms with Gasteiger partial charge in [0.2, 0.25) is 0 Å². The largest absolute Gasteiger partial charge is 0.360 e.